The molecule has 15 heavy (non-hydrogen) atoms. The van der Waals surface area contributed by atoms with E-state index in [4.69, 9.17) is 4.74 Å². The predicted octanol–water partition coefficient (Wildman–Crippen LogP) is 1.24. The van der Waals surface area contributed by atoms with Crippen LogP contribution in [0.1, 0.15) is 32.6 Å². The number of ether oxygens (including phenoxy) is 1. The molecule has 1 aliphatic carbocycles. The third-order valence-corrected chi connectivity index (χ3v) is 3.58. The first-order chi connectivity index (χ1) is 7.31. The molecule has 0 aromatic rings. The fourth-order valence-corrected chi connectivity index (χ4v) is 2.60. The number of nitrogens with one attached hydrogen (secondary N) is 1. The Morgan fingerprint density at radius 3 is 2.73 bits per heavy atom. The minimum Gasteiger partial charge on any atom is -0.383 e. The summed E-state index contributed by atoms with van der Waals surface area (Å²) in [5.74, 6) is 0. The van der Waals surface area contributed by atoms with Gasteiger partial charge in [0.1, 0.15) is 0 Å². The number of rotatable bonds is 6. The van der Waals surface area contributed by atoms with E-state index in [0.717, 1.165) is 18.7 Å². The highest BCUT2D eigenvalue weighted by Gasteiger charge is 2.33. The van der Waals surface area contributed by atoms with Crippen LogP contribution in [0, 0.1) is 0 Å². The molecule has 3 heteroatoms. The van der Waals surface area contributed by atoms with E-state index in [-0.39, 0.29) is 0 Å². The first-order valence-corrected chi connectivity index (χ1v) is 6.29. The molecular weight excluding hydrogens is 188 g/mol. The maximum Gasteiger partial charge on any atom is 0.0615 e. The molecule has 1 saturated carbocycles. The molecule has 1 aliphatic heterocycles. The largest absolute Gasteiger partial charge is 0.383 e. The van der Waals surface area contributed by atoms with Crippen molar-refractivity contribution in [3.8, 4) is 0 Å². The van der Waals surface area contributed by atoms with Crippen LogP contribution in [0.4, 0.5) is 0 Å². The van der Waals surface area contributed by atoms with Crippen LogP contribution in [0.15, 0.2) is 0 Å². The van der Waals surface area contributed by atoms with Crippen LogP contribution in [0.5, 0.6) is 0 Å². The second-order valence-electron chi connectivity index (χ2n) is 5.03. The van der Waals surface area contributed by atoms with Gasteiger partial charge in [0.05, 0.1) is 6.61 Å². The Hall–Kier alpha value is -0.120. The molecular formula is C12H24N2O. The van der Waals surface area contributed by atoms with E-state index in [1.54, 1.807) is 7.11 Å². The fourth-order valence-electron chi connectivity index (χ4n) is 2.60. The minimum absolute atomic E-state index is 0.574. The molecule has 0 aromatic carbocycles. The van der Waals surface area contributed by atoms with Crippen molar-refractivity contribution >= 4 is 0 Å². The van der Waals surface area contributed by atoms with Gasteiger partial charge in [-0.25, -0.2) is 0 Å². The van der Waals surface area contributed by atoms with Gasteiger partial charge in [-0.3, -0.25) is 4.90 Å². The molecule has 2 fully saturated rings. The molecule has 3 nitrogen and oxygen atoms in total. The summed E-state index contributed by atoms with van der Waals surface area (Å²) in [6, 6.07) is 2.15. The molecule has 0 radical (unpaired) electrons. The Morgan fingerprint density at radius 2 is 2.20 bits per heavy atom. The van der Waals surface area contributed by atoms with Gasteiger partial charge in [0.15, 0.2) is 0 Å². The minimum atomic E-state index is 0.574. The van der Waals surface area contributed by atoms with Crippen molar-refractivity contribution in [2.24, 2.45) is 0 Å². The lowest BCUT2D eigenvalue weighted by Gasteiger charge is -2.31. The summed E-state index contributed by atoms with van der Waals surface area (Å²) in [4.78, 5) is 2.65. The van der Waals surface area contributed by atoms with Crippen molar-refractivity contribution in [3.05, 3.63) is 0 Å². The molecule has 2 atom stereocenters. The lowest BCUT2D eigenvalue weighted by atomic mass is 10.2. The van der Waals surface area contributed by atoms with E-state index in [2.05, 4.69) is 17.1 Å². The smallest absolute Gasteiger partial charge is 0.0615 e. The summed E-state index contributed by atoms with van der Waals surface area (Å²) in [6.45, 7) is 5.58. The van der Waals surface area contributed by atoms with Crippen LogP contribution in [-0.2, 0) is 4.74 Å². The SMILES string of the molecule is COCC(C)N(CC1CCCN1)C1CC1. The van der Waals surface area contributed by atoms with E-state index in [0.29, 0.717) is 6.04 Å². The maximum atomic E-state index is 5.26. The number of methoxy groups -OCH3 is 1. The van der Waals surface area contributed by atoms with Crippen molar-refractivity contribution in [2.45, 2.75) is 50.7 Å². The number of hydrogen-bond donors (Lipinski definition) is 1. The third kappa shape index (κ3) is 3.16. The Labute approximate surface area is 93.2 Å². The van der Waals surface area contributed by atoms with E-state index in [1.807, 2.05) is 0 Å². The quantitative estimate of drug-likeness (QED) is 0.717. The van der Waals surface area contributed by atoms with Crippen LogP contribution >= 0.6 is 0 Å². The van der Waals surface area contributed by atoms with Crippen molar-refractivity contribution < 1.29 is 4.74 Å². The Balaban J connectivity index is 1.81. The normalized spacial score (nSPS) is 28.6. The summed E-state index contributed by atoms with van der Waals surface area (Å²) >= 11 is 0. The summed E-state index contributed by atoms with van der Waals surface area (Å²) in [5, 5.41) is 3.58. The van der Waals surface area contributed by atoms with Gasteiger partial charge < -0.3 is 10.1 Å². The van der Waals surface area contributed by atoms with Gasteiger partial charge in [0.25, 0.3) is 0 Å². The van der Waals surface area contributed by atoms with E-state index in [9.17, 15) is 0 Å². The molecule has 0 bridgehead atoms. The Bertz CT molecular complexity index is 188. The molecule has 1 saturated heterocycles. The highest BCUT2D eigenvalue weighted by atomic mass is 16.5. The van der Waals surface area contributed by atoms with Crippen molar-refractivity contribution in [1.82, 2.24) is 10.2 Å². The lowest BCUT2D eigenvalue weighted by molar-refractivity contribution is 0.0882. The number of nitrogens with zero attached hydrogens (tertiary/aromatic N) is 1. The molecule has 1 N–H and O–H groups in total. The van der Waals surface area contributed by atoms with E-state index >= 15 is 0 Å². The van der Waals surface area contributed by atoms with Gasteiger partial charge in [-0.2, -0.15) is 0 Å². The van der Waals surface area contributed by atoms with Gasteiger partial charge >= 0.3 is 0 Å². The topological polar surface area (TPSA) is 24.5 Å². The lowest BCUT2D eigenvalue weighted by Crippen LogP contribution is -2.45. The number of hydrogen-bond acceptors (Lipinski definition) is 3. The van der Waals surface area contributed by atoms with Crippen LogP contribution in [-0.4, -0.2) is 49.8 Å². The monoisotopic (exact) mass is 212 g/mol. The molecule has 0 aromatic heterocycles. The fraction of sp³-hybridized carbons (Fsp3) is 1.00. The second-order valence-corrected chi connectivity index (χ2v) is 5.03. The van der Waals surface area contributed by atoms with Gasteiger partial charge in [0, 0.05) is 31.8 Å². The summed E-state index contributed by atoms with van der Waals surface area (Å²) in [7, 11) is 1.80. The van der Waals surface area contributed by atoms with Crippen molar-refractivity contribution in [2.75, 3.05) is 26.8 Å². The van der Waals surface area contributed by atoms with Crippen LogP contribution < -0.4 is 5.32 Å². The van der Waals surface area contributed by atoms with Crippen molar-refractivity contribution in [3.63, 3.8) is 0 Å². The zero-order valence-electron chi connectivity index (χ0n) is 10.0. The van der Waals surface area contributed by atoms with Gasteiger partial charge in [-0.1, -0.05) is 0 Å². The Morgan fingerprint density at radius 1 is 1.40 bits per heavy atom. The highest BCUT2D eigenvalue weighted by Crippen LogP contribution is 2.29. The van der Waals surface area contributed by atoms with Crippen LogP contribution in [0.25, 0.3) is 0 Å². The first kappa shape index (κ1) is 11.4. The van der Waals surface area contributed by atoms with E-state index in [1.165, 1.54) is 38.8 Å². The van der Waals surface area contributed by atoms with Gasteiger partial charge in [-0.05, 0) is 39.2 Å². The van der Waals surface area contributed by atoms with Crippen LogP contribution in [0.3, 0.4) is 0 Å². The molecule has 0 spiro atoms. The average Bonchev–Trinajstić information content (AvgIpc) is 2.93. The molecule has 2 aliphatic rings. The molecule has 88 valence electrons. The summed E-state index contributed by atoms with van der Waals surface area (Å²) in [6.07, 6.45) is 5.48. The predicted molar refractivity (Wildman–Crippen MR) is 62.1 cm³/mol. The van der Waals surface area contributed by atoms with Gasteiger partial charge in [-0.15, -0.1) is 0 Å². The zero-order valence-corrected chi connectivity index (χ0v) is 10.0. The first-order valence-electron chi connectivity index (χ1n) is 6.29. The van der Waals surface area contributed by atoms with Crippen LogP contribution in [0.2, 0.25) is 0 Å². The summed E-state index contributed by atoms with van der Waals surface area (Å²) in [5.41, 5.74) is 0. The average molecular weight is 212 g/mol. The van der Waals surface area contributed by atoms with Gasteiger partial charge in [0.2, 0.25) is 0 Å². The molecule has 1 heterocycles. The Kier molecular flexibility index (Phi) is 4.00. The second kappa shape index (κ2) is 5.28. The summed E-state index contributed by atoms with van der Waals surface area (Å²) < 4.78 is 5.26. The molecule has 0 amide bonds. The van der Waals surface area contributed by atoms with E-state index < -0.39 is 0 Å². The highest BCUT2D eigenvalue weighted by molar-refractivity contribution is 4.90. The zero-order chi connectivity index (χ0) is 10.7. The standard InChI is InChI=1S/C12H24N2O/c1-10(9-15-2)14(12-5-6-12)8-11-4-3-7-13-11/h10-13H,3-9H2,1-2H3. The maximum absolute atomic E-state index is 5.26. The molecule has 2 rings (SSSR count). The van der Waals surface area contributed by atoms with Crippen molar-refractivity contribution in [1.29, 1.82) is 0 Å². The molecule has 2 unspecified atom stereocenters. The third-order valence-electron chi connectivity index (χ3n) is 3.58.